The first-order valence-electron chi connectivity index (χ1n) is 5.06. The molecule has 1 aromatic carbocycles. The van der Waals surface area contributed by atoms with Crippen molar-refractivity contribution in [1.82, 2.24) is 0 Å². The summed E-state index contributed by atoms with van der Waals surface area (Å²) in [5, 5.41) is 4.91. The highest BCUT2D eigenvalue weighted by Crippen LogP contribution is 2.31. The maximum absolute atomic E-state index is 11.4. The van der Waals surface area contributed by atoms with Crippen LogP contribution in [-0.2, 0) is 10.0 Å². The van der Waals surface area contributed by atoms with E-state index in [9.17, 15) is 8.42 Å². The zero-order valence-electron chi connectivity index (χ0n) is 9.22. The molecule has 0 fully saturated rings. The number of sulfonamides is 1. The summed E-state index contributed by atoms with van der Waals surface area (Å²) in [4.78, 5) is 0.145. The molecule has 2 rings (SSSR count). The third kappa shape index (κ3) is 2.44. The number of primary sulfonamides is 1. The van der Waals surface area contributed by atoms with E-state index in [1.807, 2.05) is 24.3 Å². The Morgan fingerprint density at radius 2 is 2.00 bits per heavy atom. The van der Waals surface area contributed by atoms with Gasteiger partial charge in [-0.1, -0.05) is 30.4 Å². The number of halogens is 1. The average molecular weight is 270 g/mol. The predicted molar refractivity (Wildman–Crippen MR) is 69.3 cm³/mol. The average Bonchev–Trinajstić information content (AvgIpc) is 2.39. The number of rotatable bonds is 1. The quantitative estimate of drug-likeness (QED) is 0.797. The molecule has 0 heterocycles. The number of alkyl halides is 1. The summed E-state index contributed by atoms with van der Waals surface area (Å²) in [5.74, 6) is 0. The van der Waals surface area contributed by atoms with Gasteiger partial charge in [0.15, 0.2) is 0 Å². The standard InChI is InChI=1S/C12H12ClNO2S/c1-8-6-10-9(4-2-3-5-11(10)13)7-12(8)17(14,15)16/h2-7,11H,1H3,(H2,14,15,16). The Morgan fingerprint density at radius 3 is 2.65 bits per heavy atom. The number of hydrogen-bond acceptors (Lipinski definition) is 2. The van der Waals surface area contributed by atoms with Gasteiger partial charge >= 0.3 is 0 Å². The van der Waals surface area contributed by atoms with Crippen molar-refractivity contribution in [3.8, 4) is 0 Å². The third-order valence-corrected chi connectivity index (χ3v) is 4.08. The van der Waals surface area contributed by atoms with E-state index in [0.717, 1.165) is 11.1 Å². The number of benzene rings is 1. The number of hydrogen-bond donors (Lipinski definition) is 1. The fraction of sp³-hybridized carbons (Fsp3) is 0.167. The molecular formula is C12H12ClNO2S. The Bertz CT molecular complexity index is 618. The van der Waals surface area contributed by atoms with Gasteiger partial charge < -0.3 is 0 Å². The van der Waals surface area contributed by atoms with Gasteiger partial charge in [-0.25, -0.2) is 13.6 Å². The third-order valence-electron chi connectivity index (χ3n) is 2.65. The summed E-state index contributed by atoms with van der Waals surface area (Å²) in [6.07, 6.45) is 7.33. The molecule has 5 heteroatoms. The molecule has 0 bridgehead atoms. The molecule has 0 aliphatic heterocycles. The Balaban J connectivity index is 2.70. The summed E-state index contributed by atoms with van der Waals surface area (Å²) in [7, 11) is -3.69. The van der Waals surface area contributed by atoms with Crippen LogP contribution in [0.2, 0.25) is 0 Å². The molecule has 1 aliphatic rings. The Labute approximate surface area is 106 Å². The van der Waals surface area contributed by atoms with Gasteiger partial charge in [0.2, 0.25) is 10.0 Å². The van der Waals surface area contributed by atoms with Gasteiger partial charge in [0.05, 0.1) is 10.3 Å². The molecule has 0 amide bonds. The molecular weight excluding hydrogens is 258 g/mol. The molecule has 0 radical (unpaired) electrons. The SMILES string of the molecule is Cc1cc2c(cc1S(N)(=O)=O)C=CC=CC2Cl. The van der Waals surface area contributed by atoms with Gasteiger partial charge in [-0.05, 0) is 29.7 Å². The van der Waals surface area contributed by atoms with Crippen molar-refractivity contribution in [2.24, 2.45) is 5.14 Å². The van der Waals surface area contributed by atoms with Crippen LogP contribution in [0.25, 0.3) is 6.08 Å². The zero-order valence-corrected chi connectivity index (χ0v) is 10.8. The molecule has 0 aromatic heterocycles. The Kier molecular flexibility index (Phi) is 3.12. The van der Waals surface area contributed by atoms with Crippen LogP contribution in [0.3, 0.4) is 0 Å². The van der Waals surface area contributed by atoms with Crippen molar-refractivity contribution in [2.75, 3.05) is 0 Å². The van der Waals surface area contributed by atoms with Gasteiger partial charge in [-0.2, -0.15) is 0 Å². The number of nitrogens with two attached hydrogens (primary N) is 1. The molecule has 3 nitrogen and oxygen atoms in total. The maximum Gasteiger partial charge on any atom is 0.238 e. The largest absolute Gasteiger partial charge is 0.238 e. The Hall–Kier alpha value is -1.10. The van der Waals surface area contributed by atoms with Gasteiger partial charge in [0.1, 0.15) is 0 Å². The first-order valence-corrected chi connectivity index (χ1v) is 7.04. The lowest BCUT2D eigenvalue weighted by atomic mass is 10.0. The minimum Gasteiger partial charge on any atom is -0.225 e. The monoisotopic (exact) mass is 269 g/mol. The van der Waals surface area contributed by atoms with Crippen molar-refractivity contribution in [3.63, 3.8) is 0 Å². The van der Waals surface area contributed by atoms with Crippen molar-refractivity contribution >= 4 is 27.7 Å². The van der Waals surface area contributed by atoms with Crippen LogP contribution < -0.4 is 5.14 Å². The highest BCUT2D eigenvalue weighted by molar-refractivity contribution is 7.89. The van der Waals surface area contributed by atoms with Crippen molar-refractivity contribution < 1.29 is 8.42 Å². The molecule has 2 N–H and O–H groups in total. The number of aryl methyl sites for hydroxylation is 1. The van der Waals surface area contributed by atoms with Crippen LogP contribution in [0.1, 0.15) is 22.1 Å². The number of fused-ring (bicyclic) bond motifs is 1. The minimum absolute atomic E-state index is 0.145. The van der Waals surface area contributed by atoms with Crippen LogP contribution in [-0.4, -0.2) is 8.42 Å². The molecule has 90 valence electrons. The fourth-order valence-electron chi connectivity index (χ4n) is 1.84. The van der Waals surface area contributed by atoms with E-state index < -0.39 is 10.0 Å². The molecule has 1 aliphatic carbocycles. The second-order valence-electron chi connectivity index (χ2n) is 3.94. The van der Waals surface area contributed by atoms with Gasteiger partial charge in [-0.15, -0.1) is 11.6 Å². The molecule has 0 saturated carbocycles. The zero-order chi connectivity index (χ0) is 12.6. The molecule has 1 aromatic rings. The van der Waals surface area contributed by atoms with Gasteiger partial charge in [-0.3, -0.25) is 0 Å². The normalized spacial score (nSPS) is 18.9. The lowest BCUT2D eigenvalue weighted by Gasteiger charge is -2.12. The first-order chi connectivity index (χ1) is 7.89. The lowest BCUT2D eigenvalue weighted by molar-refractivity contribution is 0.597. The van der Waals surface area contributed by atoms with Gasteiger partial charge in [0, 0.05) is 0 Å². The second kappa shape index (κ2) is 4.29. The van der Waals surface area contributed by atoms with E-state index in [2.05, 4.69) is 0 Å². The maximum atomic E-state index is 11.4. The summed E-state index contributed by atoms with van der Waals surface area (Å²) in [5.41, 5.74) is 2.28. The highest BCUT2D eigenvalue weighted by Gasteiger charge is 2.17. The second-order valence-corrected chi connectivity index (χ2v) is 5.94. The predicted octanol–water partition coefficient (Wildman–Crippen LogP) is 2.51. The summed E-state index contributed by atoms with van der Waals surface area (Å²) in [6.45, 7) is 1.71. The van der Waals surface area contributed by atoms with Crippen molar-refractivity contribution in [2.45, 2.75) is 17.2 Å². The molecule has 1 atom stereocenters. The topological polar surface area (TPSA) is 60.2 Å². The van der Waals surface area contributed by atoms with E-state index in [1.165, 1.54) is 0 Å². The number of allylic oxidation sites excluding steroid dienone is 3. The lowest BCUT2D eigenvalue weighted by Crippen LogP contribution is -2.14. The fourth-order valence-corrected chi connectivity index (χ4v) is 2.91. The van der Waals surface area contributed by atoms with Crippen molar-refractivity contribution in [1.29, 1.82) is 0 Å². The molecule has 0 spiro atoms. The summed E-state index contributed by atoms with van der Waals surface area (Å²) >= 11 is 6.18. The first kappa shape index (κ1) is 12.4. The Morgan fingerprint density at radius 1 is 1.29 bits per heavy atom. The van der Waals surface area contributed by atoms with Crippen LogP contribution in [0.4, 0.5) is 0 Å². The molecule has 17 heavy (non-hydrogen) atoms. The van der Waals surface area contributed by atoms with Crippen LogP contribution >= 0.6 is 11.6 Å². The molecule has 0 saturated heterocycles. The van der Waals surface area contributed by atoms with Crippen LogP contribution in [0.15, 0.2) is 35.3 Å². The minimum atomic E-state index is -3.69. The van der Waals surface area contributed by atoms with E-state index in [0.29, 0.717) is 5.56 Å². The van der Waals surface area contributed by atoms with E-state index in [-0.39, 0.29) is 10.3 Å². The van der Waals surface area contributed by atoms with Crippen molar-refractivity contribution in [3.05, 3.63) is 47.1 Å². The van der Waals surface area contributed by atoms with E-state index >= 15 is 0 Å². The smallest absolute Gasteiger partial charge is 0.225 e. The van der Waals surface area contributed by atoms with Gasteiger partial charge in [0.25, 0.3) is 0 Å². The van der Waals surface area contributed by atoms with Crippen LogP contribution in [0.5, 0.6) is 0 Å². The summed E-state index contributed by atoms with van der Waals surface area (Å²) in [6, 6.07) is 3.34. The molecule has 1 unspecified atom stereocenters. The highest BCUT2D eigenvalue weighted by atomic mass is 35.5. The van der Waals surface area contributed by atoms with Crippen LogP contribution in [0, 0.1) is 6.92 Å². The summed E-state index contributed by atoms with van der Waals surface area (Å²) < 4.78 is 22.8. The van der Waals surface area contributed by atoms with E-state index in [1.54, 1.807) is 19.1 Å². The van der Waals surface area contributed by atoms with E-state index in [4.69, 9.17) is 16.7 Å².